The van der Waals surface area contributed by atoms with E-state index in [9.17, 15) is 9.90 Å². The number of rotatable bonds is 7. The molecule has 1 aromatic heterocycles. The quantitative estimate of drug-likeness (QED) is 0.769. The van der Waals surface area contributed by atoms with Gasteiger partial charge in [-0.1, -0.05) is 30.3 Å². The highest BCUT2D eigenvalue weighted by atomic mass is 16.3. The zero-order chi connectivity index (χ0) is 19.2. The smallest absolute Gasteiger partial charge is 0.273 e. The highest BCUT2D eigenvalue weighted by Crippen LogP contribution is 2.16. The van der Waals surface area contributed by atoms with Crippen LogP contribution in [0, 0.1) is 0 Å². The van der Waals surface area contributed by atoms with Crippen LogP contribution in [0.25, 0.3) is 0 Å². The summed E-state index contributed by atoms with van der Waals surface area (Å²) in [4.78, 5) is 20.8. The summed E-state index contributed by atoms with van der Waals surface area (Å²) in [6.45, 7) is 8.55. The number of nitrogens with zero attached hydrogens (tertiary/aromatic N) is 3. The Morgan fingerprint density at radius 1 is 1.19 bits per heavy atom. The summed E-state index contributed by atoms with van der Waals surface area (Å²) in [5.41, 5.74) is 1.27. The summed E-state index contributed by atoms with van der Waals surface area (Å²) >= 11 is 0. The summed E-state index contributed by atoms with van der Waals surface area (Å²) < 4.78 is 5.45. The number of aliphatic hydroxyl groups is 1. The van der Waals surface area contributed by atoms with E-state index in [1.807, 2.05) is 44.2 Å². The van der Waals surface area contributed by atoms with Crippen LogP contribution in [0.1, 0.15) is 41.9 Å². The van der Waals surface area contributed by atoms with Gasteiger partial charge in [0.1, 0.15) is 6.26 Å². The summed E-state index contributed by atoms with van der Waals surface area (Å²) in [5, 5.41) is 13.2. The van der Waals surface area contributed by atoms with Crippen molar-refractivity contribution in [1.29, 1.82) is 0 Å². The first-order valence-electron chi connectivity index (χ1n) is 9.44. The number of β-amino-alcohol motifs (C(OH)–C–C–N with tert-alkyl or cyclic N) is 1. The van der Waals surface area contributed by atoms with E-state index < -0.39 is 6.10 Å². The Hall–Kier alpha value is -2.22. The van der Waals surface area contributed by atoms with Crippen molar-refractivity contribution in [2.75, 3.05) is 32.7 Å². The Morgan fingerprint density at radius 3 is 2.52 bits per heavy atom. The van der Waals surface area contributed by atoms with Crippen LogP contribution >= 0.6 is 0 Å². The van der Waals surface area contributed by atoms with Gasteiger partial charge in [-0.15, -0.1) is 0 Å². The summed E-state index contributed by atoms with van der Waals surface area (Å²) in [5.74, 6) is 0.349. The molecule has 1 saturated heterocycles. The lowest BCUT2D eigenvalue weighted by molar-refractivity contribution is 0.0671. The normalized spacial score (nSPS) is 17.2. The van der Waals surface area contributed by atoms with Crippen molar-refractivity contribution >= 4 is 5.91 Å². The predicted molar refractivity (Wildman–Crippen MR) is 102 cm³/mol. The zero-order valence-electron chi connectivity index (χ0n) is 16.0. The second-order valence-corrected chi connectivity index (χ2v) is 7.26. The third-order valence-electron chi connectivity index (χ3n) is 4.64. The number of carbonyl (C=O) groups is 1. The van der Waals surface area contributed by atoms with Gasteiger partial charge < -0.3 is 14.8 Å². The summed E-state index contributed by atoms with van der Waals surface area (Å²) in [6.07, 6.45) is 0.950. The number of aliphatic hydroxyl groups excluding tert-OH is 1. The van der Waals surface area contributed by atoms with Gasteiger partial charge in [-0.2, -0.15) is 0 Å². The van der Waals surface area contributed by atoms with E-state index in [-0.39, 0.29) is 11.9 Å². The van der Waals surface area contributed by atoms with Crippen molar-refractivity contribution in [3.05, 3.63) is 53.7 Å². The molecule has 1 fully saturated rings. The first-order valence-corrected chi connectivity index (χ1v) is 9.44. The predicted octanol–water partition coefficient (Wildman–Crippen LogP) is 1.66. The largest absolute Gasteiger partial charge is 0.447 e. The number of piperazine rings is 1. The highest BCUT2D eigenvalue weighted by Gasteiger charge is 2.22. The number of aromatic nitrogens is 1. The molecule has 0 spiro atoms. The Balaban J connectivity index is 1.44. The van der Waals surface area contributed by atoms with Crippen LogP contribution in [0.5, 0.6) is 0 Å². The van der Waals surface area contributed by atoms with Crippen molar-refractivity contribution in [3.63, 3.8) is 0 Å². The second-order valence-electron chi connectivity index (χ2n) is 7.26. The Morgan fingerprint density at radius 2 is 1.85 bits per heavy atom. The zero-order valence-corrected chi connectivity index (χ0v) is 16.0. The van der Waals surface area contributed by atoms with Gasteiger partial charge in [0.25, 0.3) is 5.91 Å². The molecule has 1 unspecified atom stereocenters. The number of benzene rings is 1. The molecule has 1 amide bonds. The Bertz CT molecular complexity index is 724. The van der Waals surface area contributed by atoms with Gasteiger partial charge in [0, 0.05) is 38.8 Å². The highest BCUT2D eigenvalue weighted by molar-refractivity contribution is 5.92. The molecule has 3 rings (SSSR count). The molecule has 2 N–H and O–H groups in total. The lowest BCUT2D eigenvalue weighted by Crippen LogP contribution is -2.47. The molecule has 27 heavy (non-hydrogen) atoms. The molecular formula is C20H28N4O3. The van der Waals surface area contributed by atoms with Gasteiger partial charge in [-0.25, -0.2) is 4.98 Å². The van der Waals surface area contributed by atoms with Crippen LogP contribution in [0.15, 0.2) is 41.0 Å². The van der Waals surface area contributed by atoms with Crippen LogP contribution in [0.3, 0.4) is 0 Å². The molecule has 7 nitrogen and oxygen atoms in total. The average Bonchev–Trinajstić information content (AvgIpc) is 3.12. The maximum absolute atomic E-state index is 11.9. The van der Waals surface area contributed by atoms with Crippen molar-refractivity contribution in [1.82, 2.24) is 20.1 Å². The van der Waals surface area contributed by atoms with Gasteiger partial charge >= 0.3 is 0 Å². The average molecular weight is 372 g/mol. The number of carbonyl (C=O) groups excluding carboxylic acids is 1. The SMILES string of the molecule is CC(C)NC(=O)c1coc(CN2CCN(CC(O)c3ccccc3)CC2)n1. The lowest BCUT2D eigenvalue weighted by Gasteiger charge is -2.35. The molecule has 1 aromatic carbocycles. The number of nitrogens with one attached hydrogen (secondary N) is 1. The van der Waals surface area contributed by atoms with Crippen molar-refractivity contribution in [3.8, 4) is 0 Å². The first kappa shape index (κ1) is 19.5. The maximum atomic E-state index is 11.9. The van der Waals surface area contributed by atoms with Crippen molar-refractivity contribution in [2.24, 2.45) is 0 Å². The van der Waals surface area contributed by atoms with Gasteiger partial charge in [-0.05, 0) is 19.4 Å². The van der Waals surface area contributed by atoms with Crippen molar-refractivity contribution < 1.29 is 14.3 Å². The number of hydrogen-bond acceptors (Lipinski definition) is 6. The van der Waals surface area contributed by atoms with E-state index in [2.05, 4.69) is 20.1 Å². The number of oxazole rings is 1. The van der Waals surface area contributed by atoms with Crippen LogP contribution in [-0.2, 0) is 6.54 Å². The lowest BCUT2D eigenvalue weighted by atomic mass is 10.1. The van der Waals surface area contributed by atoms with Crippen LogP contribution in [0.4, 0.5) is 0 Å². The van der Waals surface area contributed by atoms with E-state index in [0.29, 0.717) is 24.7 Å². The summed E-state index contributed by atoms with van der Waals surface area (Å²) in [6, 6.07) is 9.82. The van der Waals surface area contributed by atoms with Crippen molar-refractivity contribution in [2.45, 2.75) is 32.5 Å². The topological polar surface area (TPSA) is 81.8 Å². The molecule has 1 aliphatic heterocycles. The van der Waals surface area contributed by atoms with E-state index >= 15 is 0 Å². The number of hydrogen-bond donors (Lipinski definition) is 2. The van der Waals surface area contributed by atoms with Crippen LogP contribution in [0.2, 0.25) is 0 Å². The van der Waals surface area contributed by atoms with Gasteiger partial charge in [0.15, 0.2) is 5.69 Å². The molecule has 2 aromatic rings. The minimum Gasteiger partial charge on any atom is -0.447 e. The standard InChI is InChI=1S/C20H28N4O3/c1-15(2)21-20(26)17-14-27-19(22-17)13-24-10-8-23(9-11-24)12-18(25)16-6-4-3-5-7-16/h3-7,14-15,18,25H,8-13H2,1-2H3,(H,21,26). The van der Waals surface area contributed by atoms with Gasteiger partial charge in [0.2, 0.25) is 5.89 Å². The third kappa shape index (κ3) is 5.63. The molecule has 0 saturated carbocycles. The molecule has 1 aliphatic rings. The van der Waals surface area contributed by atoms with Crippen LogP contribution in [-0.4, -0.2) is 64.6 Å². The van der Waals surface area contributed by atoms with E-state index in [1.54, 1.807) is 0 Å². The maximum Gasteiger partial charge on any atom is 0.273 e. The molecule has 2 heterocycles. The van der Waals surface area contributed by atoms with Gasteiger partial charge in [-0.3, -0.25) is 14.6 Å². The molecular weight excluding hydrogens is 344 g/mol. The fourth-order valence-electron chi connectivity index (χ4n) is 3.17. The fourth-order valence-corrected chi connectivity index (χ4v) is 3.17. The van der Waals surface area contributed by atoms with E-state index in [4.69, 9.17) is 4.42 Å². The van der Waals surface area contributed by atoms with E-state index in [0.717, 1.165) is 31.7 Å². The van der Waals surface area contributed by atoms with E-state index in [1.165, 1.54) is 6.26 Å². The molecule has 7 heteroatoms. The molecule has 146 valence electrons. The first-order chi connectivity index (χ1) is 13.0. The third-order valence-corrected chi connectivity index (χ3v) is 4.64. The fraction of sp³-hybridized carbons (Fsp3) is 0.500. The molecule has 0 aliphatic carbocycles. The molecule has 0 bridgehead atoms. The Labute approximate surface area is 160 Å². The minimum atomic E-state index is -0.466. The Kier molecular flexibility index (Phi) is 6.60. The second kappa shape index (κ2) is 9.12. The minimum absolute atomic E-state index is 0.0666. The molecule has 0 radical (unpaired) electrons. The monoisotopic (exact) mass is 372 g/mol. The summed E-state index contributed by atoms with van der Waals surface area (Å²) in [7, 11) is 0. The number of amides is 1. The van der Waals surface area contributed by atoms with Crippen LogP contribution < -0.4 is 5.32 Å². The molecule has 1 atom stereocenters. The van der Waals surface area contributed by atoms with Gasteiger partial charge in [0.05, 0.1) is 12.6 Å².